The van der Waals surface area contributed by atoms with E-state index in [1.807, 2.05) is 13.0 Å². The third-order valence-electron chi connectivity index (χ3n) is 5.47. The van der Waals surface area contributed by atoms with E-state index in [0.29, 0.717) is 36.4 Å². The molecule has 0 aliphatic carbocycles. The fourth-order valence-corrected chi connectivity index (χ4v) is 3.98. The summed E-state index contributed by atoms with van der Waals surface area (Å²) in [5.41, 5.74) is 1.87. The maximum absolute atomic E-state index is 12.5. The second kappa shape index (κ2) is 7.31. The van der Waals surface area contributed by atoms with Crippen molar-refractivity contribution in [1.82, 2.24) is 25.2 Å². The van der Waals surface area contributed by atoms with Crippen LogP contribution in [0.2, 0.25) is 5.15 Å². The molecule has 4 aromatic rings. The first kappa shape index (κ1) is 19.7. The van der Waals surface area contributed by atoms with Crippen LogP contribution in [0.15, 0.2) is 34.7 Å². The van der Waals surface area contributed by atoms with E-state index in [0.717, 1.165) is 10.8 Å². The second-order valence-electron chi connectivity index (χ2n) is 7.96. The lowest BCUT2D eigenvalue weighted by Gasteiger charge is -2.10. The number of amides is 2. The lowest BCUT2D eigenvalue weighted by atomic mass is 10.1. The molecule has 6 rings (SSSR count). The zero-order chi connectivity index (χ0) is 22.7. The van der Waals surface area contributed by atoms with Gasteiger partial charge in [-0.2, -0.15) is 4.98 Å². The number of pyridine rings is 1. The van der Waals surface area contributed by atoms with Gasteiger partial charge in [-0.25, -0.2) is 9.97 Å². The molecule has 0 radical (unpaired) electrons. The molecule has 1 fully saturated rings. The van der Waals surface area contributed by atoms with Gasteiger partial charge in [0.1, 0.15) is 10.7 Å². The van der Waals surface area contributed by atoms with Gasteiger partial charge in [-0.15, -0.1) is 0 Å². The molecule has 2 aliphatic rings. The number of furan rings is 1. The van der Waals surface area contributed by atoms with Gasteiger partial charge in [-0.1, -0.05) is 11.6 Å². The van der Waals surface area contributed by atoms with Crippen molar-refractivity contribution in [2.75, 3.05) is 25.0 Å². The Morgan fingerprint density at radius 2 is 2.03 bits per heavy atom. The van der Waals surface area contributed by atoms with Crippen molar-refractivity contribution < 1.29 is 18.7 Å². The molecule has 1 aromatic carbocycles. The topological polar surface area (TPSA) is 122 Å². The summed E-state index contributed by atoms with van der Waals surface area (Å²) in [6.45, 7) is 3.85. The lowest BCUT2D eigenvalue weighted by Crippen LogP contribution is -2.34. The van der Waals surface area contributed by atoms with Crippen LogP contribution in [-0.4, -0.2) is 57.3 Å². The molecule has 2 aliphatic heterocycles. The molecule has 11 heteroatoms. The predicted octanol–water partition coefficient (Wildman–Crippen LogP) is 3.22. The number of aromatic nitrogens is 3. The summed E-state index contributed by atoms with van der Waals surface area (Å²) in [6, 6.07) is 8.48. The first-order valence-electron chi connectivity index (χ1n) is 10.4. The number of ether oxygens (including phenoxy) is 1. The summed E-state index contributed by atoms with van der Waals surface area (Å²) in [6.07, 6.45) is 0. The highest BCUT2D eigenvalue weighted by molar-refractivity contribution is 6.29. The van der Waals surface area contributed by atoms with E-state index in [9.17, 15) is 9.59 Å². The molecule has 5 heterocycles. The van der Waals surface area contributed by atoms with Gasteiger partial charge < -0.3 is 24.7 Å². The number of benzene rings is 1. The number of hydrogen-bond acceptors (Lipinski definition) is 8. The van der Waals surface area contributed by atoms with Gasteiger partial charge in [0, 0.05) is 43.2 Å². The molecule has 3 aromatic heterocycles. The van der Waals surface area contributed by atoms with Crippen molar-refractivity contribution in [3.8, 4) is 11.8 Å². The molecular formula is C22H17ClN6O4. The Hall–Kier alpha value is -3.92. The highest BCUT2D eigenvalue weighted by atomic mass is 35.5. The molecule has 1 unspecified atom stereocenters. The SMILES string of the molecule is CC1CNc2c(oc3ccc4nc(Oc5cc(Cl)nc(C(=O)N6CC6)n5)ccc4c23)C(=O)N1. The first-order chi connectivity index (χ1) is 16.0. The van der Waals surface area contributed by atoms with Crippen molar-refractivity contribution in [3.63, 3.8) is 0 Å². The zero-order valence-corrected chi connectivity index (χ0v) is 18.1. The molecule has 1 atom stereocenters. The van der Waals surface area contributed by atoms with Crippen LogP contribution in [0.5, 0.6) is 11.8 Å². The van der Waals surface area contributed by atoms with Crippen LogP contribution < -0.4 is 15.4 Å². The summed E-state index contributed by atoms with van der Waals surface area (Å²) in [7, 11) is 0. The molecular weight excluding hydrogens is 448 g/mol. The van der Waals surface area contributed by atoms with Crippen LogP contribution in [0.1, 0.15) is 28.1 Å². The minimum absolute atomic E-state index is 0.0165. The van der Waals surface area contributed by atoms with Crippen molar-refractivity contribution in [1.29, 1.82) is 0 Å². The standard InChI is InChI=1S/C22H17ClN6O4/c1-10-9-24-18-17-11-2-5-15(26-12(11)3-4-13(17)32-19(18)21(30)25-10)33-16-8-14(23)27-20(28-16)22(31)29-6-7-29/h2-5,8,10,24H,6-7,9H2,1H3,(H,25,30). The van der Waals surface area contributed by atoms with Crippen LogP contribution in [0.25, 0.3) is 21.9 Å². The Morgan fingerprint density at radius 3 is 2.85 bits per heavy atom. The number of nitrogens with one attached hydrogen (secondary N) is 2. The summed E-state index contributed by atoms with van der Waals surface area (Å²) in [5.74, 6) is 0.0860. The van der Waals surface area contributed by atoms with Gasteiger partial charge in [0.25, 0.3) is 11.8 Å². The van der Waals surface area contributed by atoms with E-state index in [2.05, 4.69) is 25.6 Å². The third kappa shape index (κ3) is 3.48. The minimum Gasteiger partial charge on any atom is -0.449 e. The minimum atomic E-state index is -0.289. The van der Waals surface area contributed by atoms with Gasteiger partial charge in [0.05, 0.1) is 16.6 Å². The van der Waals surface area contributed by atoms with Crippen molar-refractivity contribution in [2.24, 2.45) is 0 Å². The van der Waals surface area contributed by atoms with Gasteiger partial charge >= 0.3 is 0 Å². The number of fused-ring (bicyclic) bond motifs is 5. The Morgan fingerprint density at radius 1 is 1.18 bits per heavy atom. The maximum Gasteiger partial charge on any atom is 0.291 e. The lowest BCUT2D eigenvalue weighted by molar-refractivity contribution is 0.0872. The highest BCUT2D eigenvalue weighted by Gasteiger charge is 2.29. The van der Waals surface area contributed by atoms with Crippen LogP contribution in [0.4, 0.5) is 5.69 Å². The van der Waals surface area contributed by atoms with Crippen molar-refractivity contribution >= 4 is 51.0 Å². The Bertz CT molecular complexity index is 1460. The Labute approximate surface area is 191 Å². The fraction of sp³-hybridized carbons (Fsp3) is 0.227. The van der Waals surface area contributed by atoms with E-state index in [-0.39, 0.29) is 46.4 Å². The van der Waals surface area contributed by atoms with Crippen LogP contribution in [-0.2, 0) is 0 Å². The van der Waals surface area contributed by atoms with Crippen LogP contribution in [0, 0.1) is 0 Å². The molecule has 33 heavy (non-hydrogen) atoms. The van der Waals surface area contributed by atoms with Gasteiger partial charge in [0.15, 0.2) is 0 Å². The average Bonchev–Trinajstić information content (AvgIpc) is 3.58. The van der Waals surface area contributed by atoms with Crippen molar-refractivity contribution in [3.05, 3.63) is 47.1 Å². The normalized spacial score (nSPS) is 17.3. The van der Waals surface area contributed by atoms with Gasteiger partial charge in [0.2, 0.25) is 23.3 Å². The number of anilines is 1. The van der Waals surface area contributed by atoms with Crippen molar-refractivity contribution in [2.45, 2.75) is 13.0 Å². The van der Waals surface area contributed by atoms with E-state index in [1.165, 1.54) is 6.07 Å². The smallest absolute Gasteiger partial charge is 0.291 e. The van der Waals surface area contributed by atoms with Crippen LogP contribution >= 0.6 is 11.6 Å². The zero-order valence-electron chi connectivity index (χ0n) is 17.4. The molecule has 0 spiro atoms. The Balaban J connectivity index is 1.38. The molecule has 0 bridgehead atoms. The van der Waals surface area contributed by atoms with Gasteiger partial charge in [-0.3, -0.25) is 9.59 Å². The fourth-order valence-electron chi connectivity index (χ4n) is 3.81. The number of halogens is 1. The summed E-state index contributed by atoms with van der Waals surface area (Å²) in [4.78, 5) is 39.1. The molecule has 2 amide bonds. The molecule has 0 saturated carbocycles. The maximum atomic E-state index is 12.5. The summed E-state index contributed by atoms with van der Waals surface area (Å²) in [5, 5.41) is 7.89. The third-order valence-corrected chi connectivity index (χ3v) is 5.67. The summed E-state index contributed by atoms with van der Waals surface area (Å²) < 4.78 is 11.6. The van der Waals surface area contributed by atoms with E-state index in [4.69, 9.17) is 20.8 Å². The average molecular weight is 465 g/mol. The molecule has 10 nitrogen and oxygen atoms in total. The Kier molecular flexibility index (Phi) is 4.37. The highest BCUT2D eigenvalue weighted by Crippen LogP contribution is 2.37. The molecule has 1 saturated heterocycles. The van der Waals surface area contributed by atoms with Crippen LogP contribution in [0.3, 0.4) is 0 Å². The molecule has 2 N–H and O–H groups in total. The van der Waals surface area contributed by atoms with E-state index >= 15 is 0 Å². The number of nitrogens with zero attached hydrogens (tertiary/aromatic N) is 4. The molecule has 166 valence electrons. The largest absolute Gasteiger partial charge is 0.449 e. The van der Waals surface area contributed by atoms with Gasteiger partial charge in [-0.05, 0) is 25.1 Å². The predicted molar refractivity (Wildman–Crippen MR) is 120 cm³/mol. The number of carbonyl (C=O) groups excluding carboxylic acids is 2. The number of hydrogen-bond donors (Lipinski definition) is 2. The van der Waals surface area contributed by atoms with E-state index in [1.54, 1.807) is 23.1 Å². The second-order valence-corrected chi connectivity index (χ2v) is 8.35. The monoisotopic (exact) mass is 464 g/mol. The summed E-state index contributed by atoms with van der Waals surface area (Å²) >= 11 is 6.06. The first-order valence-corrected chi connectivity index (χ1v) is 10.8. The quantitative estimate of drug-likeness (QED) is 0.350. The number of carbonyl (C=O) groups is 2. The van der Waals surface area contributed by atoms with E-state index < -0.39 is 0 Å². The number of rotatable bonds is 3.